The Morgan fingerprint density at radius 2 is 2.26 bits per heavy atom. The molecule has 23 heavy (non-hydrogen) atoms. The summed E-state index contributed by atoms with van der Waals surface area (Å²) < 4.78 is 16.5. The molecule has 0 unspecified atom stereocenters. The second kappa shape index (κ2) is 7.02. The minimum absolute atomic E-state index is 0.0626. The van der Waals surface area contributed by atoms with E-state index >= 15 is 0 Å². The average molecular weight is 318 g/mol. The molecule has 1 atom stereocenters. The number of para-hydroxylation sites is 1. The molecule has 0 bridgehead atoms. The highest BCUT2D eigenvalue weighted by atomic mass is 16.5. The Balaban J connectivity index is 1.60. The molecule has 1 aliphatic rings. The van der Waals surface area contributed by atoms with Crippen molar-refractivity contribution in [1.29, 1.82) is 0 Å². The van der Waals surface area contributed by atoms with Crippen LogP contribution in [0.2, 0.25) is 0 Å². The molecule has 0 aliphatic carbocycles. The van der Waals surface area contributed by atoms with Crippen LogP contribution in [0.25, 0.3) is 11.0 Å². The second-order valence-electron chi connectivity index (χ2n) is 5.70. The lowest BCUT2D eigenvalue weighted by molar-refractivity contribution is -0.0494. The average Bonchev–Trinajstić information content (AvgIpc) is 2.90. The highest BCUT2D eigenvalue weighted by Gasteiger charge is 2.24. The fourth-order valence-corrected chi connectivity index (χ4v) is 2.85. The summed E-state index contributed by atoms with van der Waals surface area (Å²) in [7, 11) is 1.63. The van der Waals surface area contributed by atoms with Crippen LogP contribution in [0.4, 0.5) is 4.79 Å². The van der Waals surface area contributed by atoms with E-state index in [0.717, 1.165) is 22.3 Å². The molecule has 2 amide bonds. The third-order valence-electron chi connectivity index (χ3n) is 4.12. The molecule has 6 nitrogen and oxygen atoms in total. The number of hydrogen-bond acceptors (Lipinski definition) is 4. The minimum atomic E-state index is -0.103. The van der Waals surface area contributed by atoms with Gasteiger partial charge in [0.25, 0.3) is 0 Å². The number of fused-ring (bicyclic) bond motifs is 1. The van der Waals surface area contributed by atoms with Gasteiger partial charge in [-0.05, 0) is 13.0 Å². The van der Waals surface area contributed by atoms with Gasteiger partial charge in [0.1, 0.15) is 11.3 Å². The van der Waals surface area contributed by atoms with Crippen LogP contribution < -0.4 is 5.32 Å². The van der Waals surface area contributed by atoms with Crippen molar-refractivity contribution in [1.82, 2.24) is 10.2 Å². The number of urea groups is 1. The topological polar surface area (TPSA) is 63.9 Å². The molecule has 124 valence electrons. The Morgan fingerprint density at radius 3 is 3.04 bits per heavy atom. The summed E-state index contributed by atoms with van der Waals surface area (Å²) in [5.41, 5.74) is 1.92. The monoisotopic (exact) mass is 318 g/mol. The van der Waals surface area contributed by atoms with Gasteiger partial charge in [-0.2, -0.15) is 0 Å². The number of morpholine rings is 1. The number of amides is 2. The fraction of sp³-hybridized carbons (Fsp3) is 0.471. The van der Waals surface area contributed by atoms with Gasteiger partial charge in [0.05, 0.1) is 32.4 Å². The first-order chi connectivity index (χ1) is 11.2. The maximum atomic E-state index is 12.3. The highest BCUT2D eigenvalue weighted by molar-refractivity contribution is 5.82. The summed E-state index contributed by atoms with van der Waals surface area (Å²) in [5.74, 6) is 0.793. The molecule has 1 fully saturated rings. The van der Waals surface area contributed by atoms with Crippen molar-refractivity contribution in [3.05, 3.63) is 35.6 Å². The molecule has 3 rings (SSSR count). The van der Waals surface area contributed by atoms with E-state index in [2.05, 4.69) is 5.32 Å². The number of carbonyl (C=O) groups is 1. The van der Waals surface area contributed by atoms with Crippen LogP contribution in [-0.4, -0.2) is 50.4 Å². The predicted molar refractivity (Wildman–Crippen MR) is 86.4 cm³/mol. The number of nitrogens with one attached hydrogen (secondary N) is 1. The van der Waals surface area contributed by atoms with E-state index in [-0.39, 0.29) is 12.1 Å². The highest BCUT2D eigenvalue weighted by Crippen LogP contribution is 2.24. The first-order valence-corrected chi connectivity index (χ1v) is 7.79. The Hall–Kier alpha value is -2.05. The smallest absolute Gasteiger partial charge is 0.317 e. The van der Waals surface area contributed by atoms with Gasteiger partial charge in [-0.1, -0.05) is 18.2 Å². The largest absolute Gasteiger partial charge is 0.459 e. The number of aryl methyl sites for hydroxylation is 1. The van der Waals surface area contributed by atoms with Gasteiger partial charge >= 0.3 is 6.03 Å². The lowest BCUT2D eigenvalue weighted by atomic mass is 10.1. The first kappa shape index (κ1) is 15.8. The normalized spacial score (nSPS) is 18.3. The molecule has 0 saturated carbocycles. The van der Waals surface area contributed by atoms with Crippen LogP contribution in [-0.2, 0) is 16.0 Å². The molecule has 1 aliphatic heterocycles. The molecular weight excluding hydrogens is 296 g/mol. The van der Waals surface area contributed by atoms with Crippen LogP contribution in [0.15, 0.2) is 28.7 Å². The Bertz CT molecular complexity index is 680. The zero-order valence-electron chi connectivity index (χ0n) is 13.5. The first-order valence-electron chi connectivity index (χ1n) is 7.79. The maximum absolute atomic E-state index is 12.3. The van der Waals surface area contributed by atoms with Gasteiger partial charge in [-0.25, -0.2) is 4.79 Å². The molecular formula is C17H22N2O4. The van der Waals surface area contributed by atoms with Crippen molar-refractivity contribution in [3.63, 3.8) is 0 Å². The lowest BCUT2D eigenvalue weighted by Gasteiger charge is -2.32. The Morgan fingerprint density at radius 1 is 1.43 bits per heavy atom. The maximum Gasteiger partial charge on any atom is 0.317 e. The lowest BCUT2D eigenvalue weighted by Crippen LogP contribution is -2.50. The molecule has 0 radical (unpaired) electrons. The van der Waals surface area contributed by atoms with Crippen LogP contribution in [0.3, 0.4) is 0 Å². The standard InChI is InChI=1S/C17H22N2O4/c1-12-14-5-3-4-6-15(14)23-16(12)9-18-17(20)19-7-8-22-13(10-19)11-21-2/h3-6,13H,7-11H2,1-2H3,(H,18,20)/t13-/m1/s1. The zero-order valence-corrected chi connectivity index (χ0v) is 13.5. The molecule has 1 aromatic heterocycles. The number of ether oxygens (including phenoxy) is 2. The van der Waals surface area contributed by atoms with Crippen LogP contribution in [0, 0.1) is 6.92 Å². The molecule has 6 heteroatoms. The Kier molecular flexibility index (Phi) is 4.83. The number of nitrogens with zero attached hydrogens (tertiary/aromatic N) is 1. The van der Waals surface area contributed by atoms with Crippen LogP contribution >= 0.6 is 0 Å². The molecule has 1 N–H and O–H groups in total. The van der Waals surface area contributed by atoms with E-state index in [9.17, 15) is 4.79 Å². The van der Waals surface area contributed by atoms with E-state index in [4.69, 9.17) is 13.9 Å². The van der Waals surface area contributed by atoms with E-state index in [1.165, 1.54) is 0 Å². The number of carbonyl (C=O) groups excluding carboxylic acids is 1. The van der Waals surface area contributed by atoms with Gasteiger partial charge in [-0.3, -0.25) is 0 Å². The molecule has 0 spiro atoms. The van der Waals surface area contributed by atoms with E-state index in [1.807, 2.05) is 31.2 Å². The van der Waals surface area contributed by atoms with Gasteiger partial charge in [0, 0.05) is 24.6 Å². The predicted octanol–water partition coefficient (Wildman–Crippen LogP) is 2.30. The van der Waals surface area contributed by atoms with E-state index < -0.39 is 0 Å². The number of benzene rings is 1. The summed E-state index contributed by atoms with van der Waals surface area (Å²) >= 11 is 0. The van der Waals surface area contributed by atoms with Crippen molar-refractivity contribution in [2.75, 3.05) is 33.4 Å². The van der Waals surface area contributed by atoms with Gasteiger partial charge < -0.3 is 24.1 Å². The van der Waals surface area contributed by atoms with Crippen molar-refractivity contribution in [3.8, 4) is 0 Å². The third-order valence-corrected chi connectivity index (χ3v) is 4.12. The van der Waals surface area contributed by atoms with Crippen LogP contribution in [0.1, 0.15) is 11.3 Å². The summed E-state index contributed by atoms with van der Waals surface area (Å²) in [6.45, 7) is 4.55. The minimum Gasteiger partial charge on any atom is -0.459 e. The molecule has 1 saturated heterocycles. The number of furan rings is 1. The van der Waals surface area contributed by atoms with Crippen molar-refractivity contribution >= 4 is 17.0 Å². The second-order valence-corrected chi connectivity index (χ2v) is 5.70. The number of methoxy groups -OCH3 is 1. The SMILES string of the molecule is COC[C@H]1CN(C(=O)NCc2oc3ccccc3c2C)CCO1. The van der Waals surface area contributed by atoms with Crippen molar-refractivity contribution in [2.45, 2.75) is 19.6 Å². The third kappa shape index (κ3) is 3.48. The summed E-state index contributed by atoms with van der Waals surface area (Å²) in [5, 5.41) is 4.02. The number of rotatable bonds is 4. The van der Waals surface area contributed by atoms with Gasteiger partial charge in [0.15, 0.2) is 0 Å². The molecule has 1 aromatic carbocycles. The van der Waals surface area contributed by atoms with Crippen molar-refractivity contribution in [2.24, 2.45) is 0 Å². The summed E-state index contributed by atoms with van der Waals surface area (Å²) in [6, 6.07) is 7.78. The Labute approximate surface area is 135 Å². The van der Waals surface area contributed by atoms with Gasteiger partial charge in [0.2, 0.25) is 0 Å². The molecule has 2 heterocycles. The van der Waals surface area contributed by atoms with Crippen LogP contribution in [0.5, 0.6) is 0 Å². The molecule has 2 aromatic rings. The summed E-state index contributed by atoms with van der Waals surface area (Å²) in [6.07, 6.45) is -0.0626. The van der Waals surface area contributed by atoms with Crippen molar-refractivity contribution < 1.29 is 18.7 Å². The van der Waals surface area contributed by atoms with Gasteiger partial charge in [-0.15, -0.1) is 0 Å². The number of hydrogen-bond donors (Lipinski definition) is 1. The fourth-order valence-electron chi connectivity index (χ4n) is 2.85. The summed E-state index contributed by atoms with van der Waals surface area (Å²) in [4.78, 5) is 14.1. The zero-order chi connectivity index (χ0) is 16.2. The van der Waals surface area contributed by atoms with E-state index in [0.29, 0.717) is 32.8 Å². The quantitative estimate of drug-likeness (QED) is 0.939. The van der Waals surface area contributed by atoms with E-state index in [1.54, 1.807) is 12.0 Å².